The summed E-state index contributed by atoms with van der Waals surface area (Å²) in [6, 6.07) is 12.0. The highest BCUT2D eigenvalue weighted by molar-refractivity contribution is 5.98. The van der Waals surface area contributed by atoms with Crippen LogP contribution in [0.1, 0.15) is 31.7 Å². The predicted octanol–water partition coefficient (Wildman–Crippen LogP) is 3.26. The highest BCUT2D eigenvalue weighted by atomic mass is 16.6. The van der Waals surface area contributed by atoms with Gasteiger partial charge in [-0.15, -0.1) is 0 Å². The zero-order chi connectivity index (χ0) is 14.3. The molecule has 0 unspecified atom stereocenters. The Kier molecular flexibility index (Phi) is 2.76. The molecule has 0 amide bonds. The van der Waals surface area contributed by atoms with Gasteiger partial charge in [0.25, 0.3) is 0 Å². The van der Waals surface area contributed by atoms with Gasteiger partial charge in [0.15, 0.2) is 0 Å². The molecule has 1 aromatic rings. The Balaban J connectivity index is 2.18. The van der Waals surface area contributed by atoms with Crippen LogP contribution in [-0.2, 0) is 9.53 Å². The fraction of sp³-hybridized carbons (Fsp3) is 0.294. The number of rotatable bonds is 1. The summed E-state index contributed by atoms with van der Waals surface area (Å²) in [7, 11) is 0. The van der Waals surface area contributed by atoms with Crippen LogP contribution in [0.4, 0.5) is 0 Å². The summed E-state index contributed by atoms with van der Waals surface area (Å²) in [5, 5.41) is 9.19. The van der Waals surface area contributed by atoms with E-state index in [0.717, 1.165) is 23.1 Å². The number of carbonyl (C=O) groups excluding carboxylic acids is 1. The average molecular weight is 265 g/mol. The molecule has 100 valence electrons. The first-order valence-electron chi connectivity index (χ1n) is 6.66. The second kappa shape index (κ2) is 4.35. The smallest absolute Gasteiger partial charge is 0.350 e. The molecule has 0 radical (unpaired) electrons. The molecule has 3 rings (SSSR count). The number of benzene rings is 1. The third kappa shape index (κ3) is 1.69. The monoisotopic (exact) mass is 265 g/mol. The molecule has 3 nitrogen and oxygen atoms in total. The van der Waals surface area contributed by atoms with Gasteiger partial charge in [0, 0.05) is 11.5 Å². The molecule has 3 heteroatoms. The van der Waals surface area contributed by atoms with E-state index >= 15 is 0 Å². The van der Waals surface area contributed by atoms with Crippen molar-refractivity contribution < 1.29 is 9.53 Å². The van der Waals surface area contributed by atoms with E-state index in [1.54, 1.807) is 0 Å². The van der Waals surface area contributed by atoms with E-state index < -0.39 is 11.6 Å². The normalized spacial score (nSPS) is 28.6. The lowest BCUT2D eigenvalue weighted by Gasteiger charge is -2.38. The summed E-state index contributed by atoms with van der Waals surface area (Å²) in [5.74, 6) is -0.449. The van der Waals surface area contributed by atoms with Gasteiger partial charge >= 0.3 is 5.97 Å². The van der Waals surface area contributed by atoms with Crippen molar-refractivity contribution in [3.05, 3.63) is 58.7 Å². The van der Waals surface area contributed by atoms with E-state index in [9.17, 15) is 10.1 Å². The highest BCUT2D eigenvalue weighted by Crippen LogP contribution is 2.49. The van der Waals surface area contributed by atoms with Gasteiger partial charge < -0.3 is 4.74 Å². The van der Waals surface area contributed by atoms with E-state index in [-0.39, 0.29) is 11.5 Å². The molecule has 0 saturated carbocycles. The summed E-state index contributed by atoms with van der Waals surface area (Å²) in [5.41, 5.74) is 2.43. The molecule has 0 fully saturated rings. The lowest BCUT2D eigenvalue weighted by Crippen LogP contribution is -2.37. The molecule has 0 saturated heterocycles. The Bertz CT molecular complexity index is 679. The first-order valence-corrected chi connectivity index (χ1v) is 6.66. The van der Waals surface area contributed by atoms with E-state index in [0.29, 0.717) is 0 Å². The number of ether oxygens (including phenoxy) is 1. The third-order valence-electron chi connectivity index (χ3n) is 4.21. The zero-order valence-electron chi connectivity index (χ0n) is 11.5. The van der Waals surface area contributed by atoms with E-state index in [1.165, 1.54) is 0 Å². The Labute approximate surface area is 118 Å². The van der Waals surface area contributed by atoms with Gasteiger partial charge in [-0.05, 0) is 25.8 Å². The second-order valence-electron chi connectivity index (χ2n) is 5.56. The van der Waals surface area contributed by atoms with Gasteiger partial charge in [0.2, 0.25) is 0 Å². The maximum Gasteiger partial charge on any atom is 0.350 e. The van der Waals surface area contributed by atoms with Gasteiger partial charge in [-0.3, -0.25) is 0 Å². The Morgan fingerprint density at radius 3 is 2.70 bits per heavy atom. The Hall–Kier alpha value is -2.34. The maximum absolute atomic E-state index is 11.9. The van der Waals surface area contributed by atoms with Crippen molar-refractivity contribution in [3.8, 4) is 6.07 Å². The van der Waals surface area contributed by atoms with Crippen LogP contribution in [0, 0.1) is 11.3 Å². The van der Waals surface area contributed by atoms with Crippen LogP contribution < -0.4 is 0 Å². The van der Waals surface area contributed by atoms with Gasteiger partial charge in [-0.25, -0.2) is 4.79 Å². The summed E-state index contributed by atoms with van der Waals surface area (Å²) >= 11 is 0. The molecule has 2 aliphatic rings. The quantitative estimate of drug-likeness (QED) is 0.732. The molecule has 1 aromatic carbocycles. The molecule has 0 bridgehead atoms. The van der Waals surface area contributed by atoms with E-state index in [2.05, 4.69) is 0 Å². The fourth-order valence-corrected chi connectivity index (χ4v) is 3.18. The molecule has 0 aromatic heterocycles. The molecule has 1 heterocycles. The number of carbonyl (C=O) groups is 1. The van der Waals surface area contributed by atoms with Crippen molar-refractivity contribution in [2.75, 3.05) is 0 Å². The first kappa shape index (κ1) is 12.7. The SMILES string of the molecule is CC1=CC2=C(C#N)C(=O)O[C@]2(C)[C@H](c2ccccc2)C1. The van der Waals surface area contributed by atoms with Crippen molar-refractivity contribution in [2.24, 2.45) is 0 Å². The largest absolute Gasteiger partial charge is 0.450 e. The number of nitrogens with zero attached hydrogens (tertiary/aromatic N) is 1. The summed E-state index contributed by atoms with van der Waals surface area (Å²) in [6.07, 6.45) is 2.76. The minimum atomic E-state index is -0.733. The number of hydrogen-bond acceptors (Lipinski definition) is 3. The van der Waals surface area contributed by atoms with Crippen molar-refractivity contribution in [3.63, 3.8) is 0 Å². The number of esters is 1. The Morgan fingerprint density at radius 2 is 2.05 bits per heavy atom. The van der Waals surface area contributed by atoms with E-state index in [1.807, 2.05) is 56.3 Å². The number of allylic oxidation sites excluding steroid dienone is 1. The molecule has 1 aliphatic carbocycles. The molecule has 0 spiro atoms. The van der Waals surface area contributed by atoms with Crippen molar-refractivity contribution in [1.82, 2.24) is 0 Å². The van der Waals surface area contributed by atoms with Gasteiger partial charge in [0.1, 0.15) is 17.2 Å². The van der Waals surface area contributed by atoms with Crippen LogP contribution in [0.3, 0.4) is 0 Å². The molecule has 20 heavy (non-hydrogen) atoms. The summed E-state index contributed by atoms with van der Waals surface area (Å²) in [4.78, 5) is 11.9. The minimum Gasteiger partial charge on any atom is -0.450 e. The molecule has 1 aliphatic heterocycles. The van der Waals surface area contributed by atoms with Gasteiger partial charge in [0.05, 0.1) is 0 Å². The fourth-order valence-electron chi connectivity index (χ4n) is 3.18. The van der Waals surface area contributed by atoms with Crippen molar-refractivity contribution >= 4 is 5.97 Å². The third-order valence-corrected chi connectivity index (χ3v) is 4.21. The highest BCUT2D eigenvalue weighted by Gasteiger charge is 2.50. The lowest BCUT2D eigenvalue weighted by atomic mass is 9.71. The van der Waals surface area contributed by atoms with Gasteiger partial charge in [-0.2, -0.15) is 5.26 Å². The number of nitriles is 1. The van der Waals surface area contributed by atoms with Crippen LogP contribution in [0.25, 0.3) is 0 Å². The standard InChI is InChI=1S/C17H15NO2/c1-11-8-14(12-6-4-3-5-7-12)17(2)15(9-11)13(10-18)16(19)20-17/h3-7,9,14H,8H2,1-2H3/t14-,17+/m0/s1. The molecule has 0 N–H and O–H groups in total. The minimum absolute atomic E-state index is 0.0542. The lowest BCUT2D eigenvalue weighted by molar-refractivity contribution is -0.147. The van der Waals surface area contributed by atoms with Crippen LogP contribution in [-0.4, -0.2) is 11.6 Å². The average Bonchev–Trinajstić information content (AvgIpc) is 2.69. The van der Waals surface area contributed by atoms with Gasteiger partial charge in [-0.1, -0.05) is 42.0 Å². The van der Waals surface area contributed by atoms with Crippen LogP contribution in [0.15, 0.2) is 53.1 Å². The maximum atomic E-state index is 11.9. The van der Waals surface area contributed by atoms with Crippen molar-refractivity contribution in [2.45, 2.75) is 31.8 Å². The van der Waals surface area contributed by atoms with Crippen LogP contribution in [0.5, 0.6) is 0 Å². The second-order valence-corrected chi connectivity index (χ2v) is 5.56. The topological polar surface area (TPSA) is 50.1 Å². The van der Waals surface area contributed by atoms with E-state index in [4.69, 9.17) is 4.74 Å². The summed E-state index contributed by atoms with van der Waals surface area (Å²) < 4.78 is 5.59. The zero-order valence-corrected chi connectivity index (χ0v) is 11.5. The predicted molar refractivity (Wildman–Crippen MR) is 74.7 cm³/mol. The summed E-state index contributed by atoms with van der Waals surface area (Å²) in [6.45, 7) is 3.94. The molecule has 2 atom stereocenters. The van der Waals surface area contributed by atoms with Crippen LogP contribution in [0.2, 0.25) is 0 Å². The number of fused-ring (bicyclic) bond motifs is 1. The van der Waals surface area contributed by atoms with Crippen molar-refractivity contribution in [1.29, 1.82) is 5.26 Å². The molecular weight excluding hydrogens is 250 g/mol. The number of hydrogen-bond donors (Lipinski definition) is 0. The molecular formula is C17H15NO2. The van der Waals surface area contributed by atoms with Crippen LogP contribution >= 0.6 is 0 Å². The first-order chi connectivity index (χ1) is 9.56. The Morgan fingerprint density at radius 1 is 1.35 bits per heavy atom.